The summed E-state index contributed by atoms with van der Waals surface area (Å²) in [6.45, 7) is 3.73. The van der Waals surface area contributed by atoms with Crippen LogP contribution >= 0.6 is 0 Å². The minimum Gasteiger partial charge on any atom is -0.454 e. The smallest absolute Gasteiger partial charge is 0.231 e. The Kier molecular flexibility index (Phi) is 3.32. The minimum absolute atomic E-state index is 0.258. The Balaban J connectivity index is 1.70. The molecule has 1 aliphatic heterocycles. The van der Waals surface area contributed by atoms with Gasteiger partial charge in [-0.25, -0.2) is 0 Å². The van der Waals surface area contributed by atoms with Gasteiger partial charge in [0, 0.05) is 19.0 Å². The lowest BCUT2D eigenvalue weighted by Gasteiger charge is -2.31. The van der Waals surface area contributed by atoms with Gasteiger partial charge in [0.25, 0.3) is 0 Å². The molecule has 3 rings (SSSR count). The van der Waals surface area contributed by atoms with Gasteiger partial charge in [0.15, 0.2) is 11.5 Å². The third kappa shape index (κ3) is 2.39. The monoisotopic (exact) mass is 261 g/mol. The highest BCUT2D eigenvalue weighted by molar-refractivity contribution is 5.79. The molecule has 0 atom stereocenters. The summed E-state index contributed by atoms with van der Waals surface area (Å²) >= 11 is 0. The van der Waals surface area contributed by atoms with Gasteiger partial charge in [-0.15, -0.1) is 0 Å². The number of hydrogen-bond acceptors (Lipinski definition) is 3. The highest BCUT2D eigenvalue weighted by Crippen LogP contribution is 2.33. The molecule has 2 aliphatic rings. The van der Waals surface area contributed by atoms with Gasteiger partial charge >= 0.3 is 0 Å². The van der Waals surface area contributed by atoms with Gasteiger partial charge in [0.05, 0.1) is 0 Å². The highest BCUT2D eigenvalue weighted by atomic mass is 16.7. The number of rotatable bonds is 4. The fraction of sp³-hybridized carbons (Fsp3) is 0.533. The van der Waals surface area contributed by atoms with Crippen molar-refractivity contribution in [2.24, 2.45) is 5.92 Å². The Hall–Kier alpha value is -1.71. The van der Waals surface area contributed by atoms with Gasteiger partial charge in [-0.1, -0.05) is 12.5 Å². The first-order valence-electron chi connectivity index (χ1n) is 6.95. The van der Waals surface area contributed by atoms with Gasteiger partial charge < -0.3 is 14.4 Å². The molecule has 0 aromatic heterocycles. The van der Waals surface area contributed by atoms with E-state index in [1.807, 2.05) is 30.0 Å². The van der Waals surface area contributed by atoms with Crippen molar-refractivity contribution in [1.82, 2.24) is 4.90 Å². The van der Waals surface area contributed by atoms with Crippen LogP contribution in [0, 0.1) is 5.92 Å². The zero-order chi connectivity index (χ0) is 13.2. The number of fused-ring (bicyclic) bond motifs is 1. The van der Waals surface area contributed by atoms with E-state index in [1.54, 1.807) is 0 Å². The number of hydrogen-bond donors (Lipinski definition) is 0. The molecule has 0 bridgehead atoms. The molecule has 1 amide bonds. The van der Waals surface area contributed by atoms with Gasteiger partial charge in [0.2, 0.25) is 12.7 Å². The molecule has 1 fully saturated rings. The van der Waals surface area contributed by atoms with Crippen molar-refractivity contribution < 1.29 is 14.3 Å². The zero-order valence-electron chi connectivity index (χ0n) is 11.2. The van der Waals surface area contributed by atoms with Crippen LogP contribution in [0.3, 0.4) is 0 Å². The number of amides is 1. The predicted octanol–water partition coefficient (Wildman–Crippen LogP) is 2.56. The van der Waals surface area contributed by atoms with E-state index in [0.29, 0.717) is 12.5 Å². The Bertz CT molecular complexity index is 482. The summed E-state index contributed by atoms with van der Waals surface area (Å²) < 4.78 is 10.7. The van der Waals surface area contributed by atoms with Crippen LogP contribution in [-0.2, 0) is 11.3 Å². The average Bonchev–Trinajstić information content (AvgIpc) is 2.80. The summed E-state index contributed by atoms with van der Waals surface area (Å²) in [5.41, 5.74) is 1.10. The van der Waals surface area contributed by atoms with Gasteiger partial charge in [0.1, 0.15) is 0 Å². The molecule has 0 spiro atoms. The van der Waals surface area contributed by atoms with Crippen LogP contribution < -0.4 is 9.47 Å². The van der Waals surface area contributed by atoms with Crippen molar-refractivity contribution in [3.8, 4) is 11.5 Å². The molecule has 4 nitrogen and oxygen atoms in total. The summed E-state index contributed by atoms with van der Waals surface area (Å²) in [5.74, 6) is 2.13. The van der Waals surface area contributed by atoms with E-state index >= 15 is 0 Å². The van der Waals surface area contributed by atoms with Crippen LogP contribution in [0.25, 0.3) is 0 Å². The van der Waals surface area contributed by atoms with E-state index in [4.69, 9.17) is 9.47 Å². The van der Waals surface area contributed by atoms with E-state index < -0.39 is 0 Å². The van der Waals surface area contributed by atoms with E-state index in [0.717, 1.165) is 36.4 Å². The van der Waals surface area contributed by atoms with Crippen LogP contribution in [-0.4, -0.2) is 24.1 Å². The molecule has 19 heavy (non-hydrogen) atoms. The molecule has 0 N–H and O–H groups in total. The topological polar surface area (TPSA) is 38.8 Å². The van der Waals surface area contributed by atoms with Crippen LogP contribution in [0.1, 0.15) is 31.7 Å². The maximum Gasteiger partial charge on any atom is 0.231 e. The molecule has 1 aromatic carbocycles. The molecule has 0 saturated heterocycles. The summed E-state index contributed by atoms with van der Waals surface area (Å²) in [5, 5.41) is 0. The van der Waals surface area contributed by atoms with Gasteiger partial charge in [-0.05, 0) is 37.5 Å². The van der Waals surface area contributed by atoms with Crippen molar-refractivity contribution in [2.45, 2.75) is 32.7 Å². The van der Waals surface area contributed by atoms with Crippen molar-refractivity contribution in [3.05, 3.63) is 23.8 Å². The molecule has 1 saturated carbocycles. The predicted molar refractivity (Wildman–Crippen MR) is 71.0 cm³/mol. The SMILES string of the molecule is CCN(Cc1ccc2c(c1)OCO2)C(=O)C1CCC1. The molecule has 102 valence electrons. The number of nitrogens with zero attached hydrogens (tertiary/aromatic N) is 1. The normalized spacial score (nSPS) is 17.1. The van der Waals surface area contributed by atoms with Crippen molar-refractivity contribution in [2.75, 3.05) is 13.3 Å². The van der Waals surface area contributed by atoms with Crippen molar-refractivity contribution in [3.63, 3.8) is 0 Å². The molecular formula is C15H19NO3. The zero-order valence-corrected chi connectivity index (χ0v) is 11.2. The largest absolute Gasteiger partial charge is 0.454 e. The minimum atomic E-state index is 0.258. The number of benzene rings is 1. The van der Waals surface area contributed by atoms with E-state index in [-0.39, 0.29) is 12.7 Å². The van der Waals surface area contributed by atoms with Gasteiger partial charge in [-0.3, -0.25) is 4.79 Å². The molecule has 1 heterocycles. The average molecular weight is 261 g/mol. The molecular weight excluding hydrogens is 242 g/mol. The van der Waals surface area contributed by atoms with Crippen molar-refractivity contribution >= 4 is 5.91 Å². The quantitative estimate of drug-likeness (QED) is 0.836. The van der Waals surface area contributed by atoms with E-state index in [1.165, 1.54) is 6.42 Å². The second-order valence-electron chi connectivity index (χ2n) is 5.17. The summed E-state index contributed by atoms with van der Waals surface area (Å²) in [6.07, 6.45) is 3.30. The van der Waals surface area contributed by atoms with E-state index in [2.05, 4.69) is 0 Å². The molecule has 1 aromatic rings. The fourth-order valence-corrected chi connectivity index (χ4v) is 2.52. The Morgan fingerprint density at radius 1 is 1.32 bits per heavy atom. The lowest BCUT2D eigenvalue weighted by molar-refractivity contribution is -0.138. The summed E-state index contributed by atoms with van der Waals surface area (Å²) in [7, 11) is 0. The second kappa shape index (κ2) is 5.11. The van der Waals surface area contributed by atoms with E-state index in [9.17, 15) is 4.79 Å². The molecule has 1 aliphatic carbocycles. The summed E-state index contributed by atoms with van der Waals surface area (Å²) in [6, 6.07) is 5.89. The number of carbonyl (C=O) groups excluding carboxylic acids is 1. The van der Waals surface area contributed by atoms with Crippen molar-refractivity contribution in [1.29, 1.82) is 0 Å². The second-order valence-corrected chi connectivity index (χ2v) is 5.17. The molecule has 0 radical (unpaired) electrons. The van der Waals surface area contributed by atoms with Crippen LogP contribution in [0.5, 0.6) is 11.5 Å². The Morgan fingerprint density at radius 3 is 2.79 bits per heavy atom. The molecule has 0 unspecified atom stereocenters. The number of ether oxygens (including phenoxy) is 2. The third-order valence-electron chi connectivity index (χ3n) is 3.96. The van der Waals surface area contributed by atoms with Gasteiger partial charge in [-0.2, -0.15) is 0 Å². The van der Waals surface area contributed by atoms with Crippen LogP contribution in [0.4, 0.5) is 0 Å². The Labute approximate surface area is 113 Å². The number of carbonyl (C=O) groups is 1. The van der Waals surface area contributed by atoms with Crippen LogP contribution in [0.15, 0.2) is 18.2 Å². The lowest BCUT2D eigenvalue weighted by atomic mass is 9.84. The fourth-order valence-electron chi connectivity index (χ4n) is 2.52. The first-order valence-corrected chi connectivity index (χ1v) is 6.95. The summed E-state index contributed by atoms with van der Waals surface area (Å²) in [4.78, 5) is 14.2. The first kappa shape index (κ1) is 12.3. The third-order valence-corrected chi connectivity index (χ3v) is 3.96. The Morgan fingerprint density at radius 2 is 2.11 bits per heavy atom. The first-order chi connectivity index (χ1) is 9.28. The lowest BCUT2D eigenvalue weighted by Crippen LogP contribution is -2.38. The highest BCUT2D eigenvalue weighted by Gasteiger charge is 2.28. The van der Waals surface area contributed by atoms with Crippen LogP contribution in [0.2, 0.25) is 0 Å². The standard InChI is InChI=1S/C15H19NO3/c1-2-16(15(17)12-4-3-5-12)9-11-6-7-13-14(8-11)19-10-18-13/h6-8,12H,2-5,9-10H2,1H3. The maximum absolute atomic E-state index is 12.3. The maximum atomic E-state index is 12.3. The molecule has 4 heteroatoms.